The third-order valence-electron chi connectivity index (χ3n) is 5.85. The Morgan fingerprint density at radius 3 is 2.58 bits per heavy atom. The third-order valence-corrected chi connectivity index (χ3v) is 5.85. The fourth-order valence-electron chi connectivity index (χ4n) is 4.54. The average molecular weight is 319 g/mol. The van der Waals surface area contributed by atoms with Crippen molar-refractivity contribution in [1.82, 2.24) is 4.90 Å². The molecule has 24 heavy (non-hydrogen) atoms. The van der Waals surface area contributed by atoms with E-state index >= 15 is 0 Å². The van der Waals surface area contributed by atoms with Crippen molar-refractivity contribution in [3.63, 3.8) is 0 Å². The van der Waals surface area contributed by atoms with Gasteiger partial charge >= 0.3 is 0 Å². The minimum Gasteiger partial charge on any atom is -0.398 e. The molecule has 0 spiro atoms. The number of carbonyl (C=O) groups is 1. The maximum atomic E-state index is 12.9. The minimum absolute atomic E-state index is 0.0721. The largest absolute Gasteiger partial charge is 0.398 e. The van der Waals surface area contributed by atoms with E-state index in [1.165, 1.54) is 31.6 Å². The van der Waals surface area contributed by atoms with Crippen LogP contribution in [0.4, 0.5) is 11.4 Å². The molecule has 122 valence electrons. The highest BCUT2D eigenvalue weighted by atomic mass is 16.1. The molecule has 4 nitrogen and oxygen atoms in total. The number of hydrogen-bond acceptors (Lipinski definition) is 4. The smallest absolute Gasteiger partial charge is 0.196 e. The summed E-state index contributed by atoms with van der Waals surface area (Å²) in [5.74, 6) is 0.0721. The van der Waals surface area contributed by atoms with Crippen molar-refractivity contribution in [2.24, 2.45) is 0 Å². The van der Waals surface area contributed by atoms with Gasteiger partial charge in [0.05, 0.1) is 5.56 Å². The lowest BCUT2D eigenvalue weighted by Crippen LogP contribution is -2.37. The third kappa shape index (κ3) is 1.93. The van der Waals surface area contributed by atoms with Gasteiger partial charge in [-0.2, -0.15) is 0 Å². The van der Waals surface area contributed by atoms with Crippen LogP contribution in [0.25, 0.3) is 11.1 Å². The summed E-state index contributed by atoms with van der Waals surface area (Å²) in [7, 11) is 0. The summed E-state index contributed by atoms with van der Waals surface area (Å²) < 4.78 is 0. The number of fused-ring (bicyclic) bond motifs is 7. The number of ketones is 1. The second-order valence-electron chi connectivity index (χ2n) is 7.10. The van der Waals surface area contributed by atoms with Crippen molar-refractivity contribution in [3.05, 3.63) is 47.5 Å². The van der Waals surface area contributed by atoms with Gasteiger partial charge in [-0.15, -0.1) is 0 Å². The van der Waals surface area contributed by atoms with Crippen molar-refractivity contribution < 1.29 is 4.79 Å². The molecular formula is C20H21N3O. The Balaban J connectivity index is 1.57. The van der Waals surface area contributed by atoms with Crippen LogP contribution >= 0.6 is 0 Å². The van der Waals surface area contributed by atoms with Gasteiger partial charge in [-0.25, -0.2) is 0 Å². The van der Waals surface area contributed by atoms with Crippen molar-refractivity contribution in [2.45, 2.75) is 18.9 Å². The van der Waals surface area contributed by atoms with Gasteiger partial charge in [-0.1, -0.05) is 18.2 Å². The molecule has 2 N–H and O–H groups in total. The zero-order valence-electron chi connectivity index (χ0n) is 13.7. The van der Waals surface area contributed by atoms with Crippen molar-refractivity contribution >= 4 is 17.2 Å². The zero-order chi connectivity index (χ0) is 16.3. The lowest BCUT2D eigenvalue weighted by atomic mass is 10.0. The molecule has 1 aliphatic carbocycles. The summed E-state index contributed by atoms with van der Waals surface area (Å²) >= 11 is 0. The Bertz CT molecular complexity index is 837. The van der Waals surface area contributed by atoms with Gasteiger partial charge in [-0.05, 0) is 42.2 Å². The fraction of sp³-hybridized carbons (Fsp3) is 0.350. The number of anilines is 2. The Morgan fingerprint density at radius 2 is 1.75 bits per heavy atom. The second-order valence-corrected chi connectivity index (χ2v) is 7.10. The number of nitrogen functional groups attached to an aromatic ring is 1. The molecule has 0 saturated carbocycles. The molecule has 2 aromatic carbocycles. The summed E-state index contributed by atoms with van der Waals surface area (Å²) in [6, 6.07) is 12.7. The standard InChI is InChI=1S/C20H21N3O/c21-18-3-1-2-16-15-5-4-14(12-17(15)20(24)19(16)18)23-11-10-22-8-6-13(23)7-9-22/h1-5,12-13H,6-11,21H2. The summed E-state index contributed by atoms with van der Waals surface area (Å²) in [6.45, 7) is 4.57. The van der Waals surface area contributed by atoms with Crippen molar-refractivity contribution in [3.8, 4) is 11.1 Å². The number of benzene rings is 2. The second kappa shape index (κ2) is 5.08. The summed E-state index contributed by atoms with van der Waals surface area (Å²) in [5.41, 5.74) is 11.3. The Labute approximate surface area is 141 Å². The predicted molar refractivity (Wildman–Crippen MR) is 96.5 cm³/mol. The van der Waals surface area contributed by atoms with Gasteiger partial charge in [0.1, 0.15) is 0 Å². The summed E-state index contributed by atoms with van der Waals surface area (Å²) in [5, 5.41) is 0. The molecule has 4 aliphatic rings. The van der Waals surface area contributed by atoms with E-state index in [2.05, 4.69) is 28.0 Å². The molecule has 0 atom stereocenters. The molecule has 6 rings (SSSR count). The van der Waals surface area contributed by atoms with Gasteiger partial charge in [0.2, 0.25) is 0 Å². The van der Waals surface area contributed by atoms with Crippen LogP contribution in [0, 0.1) is 0 Å². The first-order chi connectivity index (χ1) is 11.7. The highest BCUT2D eigenvalue weighted by molar-refractivity contribution is 6.24. The molecule has 3 heterocycles. The normalized spacial score (nSPS) is 24.7. The predicted octanol–water partition coefficient (Wildman–Crippen LogP) is 2.76. The lowest BCUT2D eigenvalue weighted by molar-refractivity contribution is 0.104. The highest BCUT2D eigenvalue weighted by Gasteiger charge is 2.32. The summed E-state index contributed by atoms with van der Waals surface area (Å²) in [6.07, 6.45) is 2.44. The van der Waals surface area contributed by atoms with Crippen LogP contribution < -0.4 is 10.6 Å². The molecule has 3 fully saturated rings. The van der Waals surface area contributed by atoms with Crippen LogP contribution in [0.15, 0.2) is 36.4 Å². The van der Waals surface area contributed by atoms with Crippen LogP contribution in [0.5, 0.6) is 0 Å². The molecule has 0 unspecified atom stereocenters. The number of piperidine rings is 1. The SMILES string of the molecule is Nc1cccc2c1C(=O)c1cc(N3CCN4CCC3CC4)ccc1-2. The average Bonchev–Trinajstić information content (AvgIpc) is 2.78. The first kappa shape index (κ1) is 14.1. The van der Waals surface area contributed by atoms with Crippen molar-refractivity contribution in [1.29, 1.82) is 0 Å². The van der Waals surface area contributed by atoms with Crippen LogP contribution in [-0.4, -0.2) is 42.9 Å². The molecule has 3 saturated heterocycles. The fourth-order valence-corrected chi connectivity index (χ4v) is 4.54. The van der Waals surface area contributed by atoms with E-state index in [1.807, 2.05) is 18.2 Å². The first-order valence-corrected chi connectivity index (χ1v) is 8.79. The molecular weight excluding hydrogens is 298 g/mol. The molecule has 2 bridgehead atoms. The molecule has 0 amide bonds. The Morgan fingerprint density at radius 1 is 0.917 bits per heavy atom. The van der Waals surface area contributed by atoms with Crippen LogP contribution in [0.1, 0.15) is 28.8 Å². The van der Waals surface area contributed by atoms with Crippen LogP contribution in [0.2, 0.25) is 0 Å². The molecule has 0 aromatic heterocycles. The van der Waals surface area contributed by atoms with E-state index in [0.29, 0.717) is 17.3 Å². The Kier molecular flexibility index (Phi) is 2.98. The first-order valence-electron chi connectivity index (χ1n) is 8.79. The van der Waals surface area contributed by atoms with E-state index in [-0.39, 0.29) is 5.78 Å². The van der Waals surface area contributed by atoms with E-state index in [9.17, 15) is 4.79 Å². The number of carbonyl (C=O) groups excluding carboxylic acids is 1. The van der Waals surface area contributed by atoms with E-state index in [4.69, 9.17) is 5.73 Å². The Hall–Kier alpha value is -2.33. The number of hydrogen-bond donors (Lipinski definition) is 1. The quantitative estimate of drug-likeness (QED) is 0.701. The molecule has 0 radical (unpaired) electrons. The van der Waals surface area contributed by atoms with Crippen LogP contribution in [0.3, 0.4) is 0 Å². The number of rotatable bonds is 1. The van der Waals surface area contributed by atoms with E-state index in [1.54, 1.807) is 0 Å². The lowest BCUT2D eigenvalue weighted by Gasteiger charge is -2.33. The zero-order valence-corrected chi connectivity index (χ0v) is 13.7. The highest BCUT2D eigenvalue weighted by Crippen LogP contribution is 2.41. The maximum Gasteiger partial charge on any atom is 0.196 e. The summed E-state index contributed by atoms with van der Waals surface area (Å²) in [4.78, 5) is 17.9. The minimum atomic E-state index is 0.0721. The topological polar surface area (TPSA) is 49.6 Å². The molecule has 2 aromatic rings. The number of nitrogens with two attached hydrogens (primary N) is 1. The van der Waals surface area contributed by atoms with Gasteiger partial charge in [0.25, 0.3) is 0 Å². The number of nitrogens with zero attached hydrogens (tertiary/aromatic N) is 2. The monoisotopic (exact) mass is 319 g/mol. The van der Waals surface area contributed by atoms with E-state index < -0.39 is 0 Å². The van der Waals surface area contributed by atoms with Gasteiger partial charge in [0, 0.05) is 49.2 Å². The van der Waals surface area contributed by atoms with Gasteiger partial charge < -0.3 is 15.5 Å². The van der Waals surface area contributed by atoms with Crippen molar-refractivity contribution in [2.75, 3.05) is 36.8 Å². The molecule has 3 aliphatic heterocycles. The van der Waals surface area contributed by atoms with E-state index in [0.717, 1.165) is 29.8 Å². The molecule has 4 heteroatoms. The van der Waals surface area contributed by atoms with Crippen LogP contribution in [-0.2, 0) is 0 Å². The van der Waals surface area contributed by atoms with Gasteiger partial charge in [0.15, 0.2) is 5.78 Å². The maximum absolute atomic E-state index is 12.9. The van der Waals surface area contributed by atoms with Gasteiger partial charge in [-0.3, -0.25) is 4.79 Å².